The van der Waals surface area contributed by atoms with Crippen LogP contribution in [0.2, 0.25) is 0 Å². The zero-order valence-corrected chi connectivity index (χ0v) is 16.1. The quantitative estimate of drug-likeness (QED) is 0.850. The Morgan fingerprint density at radius 3 is 2.64 bits per heavy atom. The molecule has 4 rings (SSSR count). The molecule has 2 aliphatic rings. The van der Waals surface area contributed by atoms with Gasteiger partial charge >= 0.3 is 6.03 Å². The second kappa shape index (κ2) is 7.75. The van der Waals surface area contributed by atoms with E-state index in [1.165, 1.54) is 31.6 Å². The molecule has 0 unspecified atom stereocenters. The third-order valence-electron chi connectivity index (χ3n) is 5.79. The molecular weight excluding hydrogens is 357 g/mol. The number of nitrogen functional groups attached to an aromatic ring is 1. The Hall–Kier alpha value is -2.67. The lowest BCUT2D eigenvalue weighted by Gasteiger charge is -2.33. The van der Waals surface area contributed by atoms with Crippen molar-refractivity contribution in [2.45, 2.75) is 13.3 Å². The van der Waals surface area contributed by atoms with E-state index in [2.05, 4.69) is 22.1 Å². The number of amides is 2. The Bertz CT molecular complexity index is 852. The number of benzene rings is 1. The molecule has 0 saturated carbocycles. The topological polar surface area (TPSA) is 74.5 Å². The number of carbonyl (C=O) groups is 1. The van der Waals surface area contributed by atoms with Crippen LogP contribution in [0.15, 0.2) is 36.4 Å². The normalized spacial score (nSPS) is 22.1. The molecule has 1 aromatic heterocycles. The maximum atomic E-state index is 13.2. The van der Waals surface area contributed by atoms with Crippen molar-refractivity contribution in [2.75, 3.05) is 43.8 Å². The van der Waals surface area contributed by atoms with Gasteiger partial charge in [-0.15, -0.1) is 0 Å². The number of hydrogen-bond donors (Lipinski definition) is 2. The molecule has 0 spiro atoms. The molecule has 0 aliphatic carbocycles. The van der Waals surface area contributed by atoms with E-state index in [4.69, 9.17) is 5.73 Å². The number of pyridine rings is 1. The van der Waals surface area contributed by atoms with Crippen molar-refractivity contribution in [3.63, 3.8) is 0 Å². The van der Waals surface area contributed by atoms with E-state index < -0.39 is 0 Å². The van der Waals surface area contributed by atoms with Crippen LogP contribution < -0.4 is 11.1 Å². The number of nitrogens with two attached hydrogens (primary N) is 1. The lowest BCUT2D eigenvalue weighted by atomic mass is 9.96. The third kappa shape index (κ3) is 3.94. The zero-order chi connectivity index (χ0) is 19.7. The molecule has 0 radical (unpaired) electrons. The molecule has 3 N–H and O–H groups in total. The van der Waals surface area contributed by atoms with Gasteiger partial charge in [0.2, 0.25) is 0 Å². The minimum Gasteiger partial charge on any atom is -0.396 e. The Labute approximate surface area is 164 Å². The Balaban J connectivity index is 1.44. The van der Waals surface area contributed by atoms with E-state index in [0.29, 0.717) is 29.0 Å². The molecule has 7 heteroatoms. The van der Waals surface area contributed by atoms with Crippen molar-refractivity contribution < 1.29 is 9.18 Å². The van der Waals surface area contributed by atoms with Gasteiger partial charge in [0.25, 0.3) is 0 Å². The summed E-state index contributed by atoms with van der Waals surface area (Å²) in [5, 5.41) is 2.86. The van der Waals surface area contributed by atoms with E-state index in [9.17, 15) is 9.18 Å². The van der Waals surface area contributed by atoms with Crippen LogP contribution in [0.25, 0.3) is 11.3 Å². The summed E-state index contributed by atoms with van der Waals surface area (Å²) in [5.41, 5.74) is 7.83. The highest BCUT2D eigenvalue weighted by Gasteiger charge is 2.34. The molecular formula is C21H26FN5O. The number of carbonyl (C=O) groups excluding carboxylic acids is 1. The van der Waals surface area contributed by atoms with Gasteiger partial charge in [0.05, 0.1) is 11.4 Å². The van der Waals surface area contributed by atoms with Gasteiger partial charge in [0.15, 0.2) is 5.82 Å². The highest BCUT2D eigenvalue weighted by atomic mass is 19.1. The number of urea groups is 1. The van der Waals surface area contributed by atoms with E-state index in [1.54, 1.807) is 24.3 Å². The average molecular weight is 383 g/mol. The third-order valence-corrected chi connectivity index (χ3v) is 5.79. The first-order chi connectivity index (χ1) is 13.5. The molecule has 148 valence electrons. The summed E-state index contributed by atoms with van der Waals surface area (Å²) >= 11 is 0. The highest BCUT2D eigenvalue weighted by molar-refractivity contribution is 5.92. The molecule has 0 bridgehead atoms. The molecule has 2 atom stereocenters. The number of nitrogens with zero attached hydrogens (tertiary/aromatic N) is 3. The maximum Gasteiger partial charge on any atom is 0.323 e. The number of halogens is 1. The summed E-state index contributed by atoms with van der Waals surface area (Å²) in [6, 6.07) is 9.38. The lowest BCUT2D eigenvalue weighted by Crippen LogP contribution is -2.42. The molecule has 2 saturated heterocycles. The lowest BCUT2D eigenvalue weighted by molar-refractivity contribution is 0.143. The van der Waals surface area contributed by atoms with Crippen molar-refractivity contribution >= 4 is 17.5 Å². The Morgan fingerprint density at radius 2 is 1.96 bits per heavy atom. The molecule has 1 aromatic carbocycles. The fourth-order valence-electron chi connectivity index (χ4n) is 3.87. The predicted molar refractivity (Wildman–Crippen MR) is 108 cm³/mol. The van der Waals surface area contributed by atoms with Crippen molar-refractivity contribution in [2.24, 2.45) is 11.8 Å². The van der Waals surface area contributed by atoms with Gasteiger partial charge < -0.3 is 15.5 Å². The minimum atomic E-state index is -0.302. The standard InChI is InChI=1S/C21H26FN5O/c1-14-11-27(13-16(14)12-26-9-2-10-26)21(28)25-20-18(23)7-8-19(24-20)15-3-5-17(22)6-4-15/h3-8,14,16H,2,9-13,23H2,1H3,(H,24,25,28)/t14-,16+/m1/s1. The van der Waals surface area contributed by atoms with Crippen LogP contribution in [0.4, 0.5) is 20.7 Å². The van der Waals surface area contributed by atoms with E-state index in [1.807, 2.05) is 4.90 Å². The van der Waals surface area contributed by atoms with Gasteiger partial charge in [-0.3, -0.25) is 5.32 Å². The number of nitrogens with one attached hydrogen (secondary N) is 1. The molecule has 28 heavy (non-hydrogen) atoms. The number of hydrogen-bond acceptors (Lipinski definition) is 4. The first-order valence-corrected chi connectivity index (χ1v) is 9.80. The van der Waals surface area contributed by atoms with Crippen molar-refractivity contribution in [1.29, 1.82) is 0 Å². The van der Waals surface area contributed by atoms with Crippen molar-refractivity contribution in [3.8, 4) is 11.3 Å². The second-order valence-corrected chi connectivity index (χ2v) is 7.87. The molecule has 2 aliphatic heterocycles. The van der Waals surface area contributed by atoms with Gasteiger partial charge in [-0.2, -0.15) is 0 Å². The first-order valence-electron chi connectivity index (χ1n) is 9.80. The van der Waals surface area contributed by atoms with E-state index in [-0.39, 0.29) is 11.8 Å². The van der Waals surface area contributed by atoms with Crippen LogP contribution in [-0.2, 0) is 0 Å². The van der Waals surface area contributed by atoms with Crippen LogP contribution in [0.1, 0.15) is 13.3 Å². The van der Waals surface area contributed by atoms with Gasteiger partial charge in [0.1, 0.15) is 5.82 Å². The zero-order valence-electron chi connectivity index (χ0n) is 16.1. The van der Waals surface area contributed by atoms with Gasteiger partial charge in [0, 0.05) is 25.2 Å². The molecule has 2 amide bonds. The number of anilines is 2. The highest BCUT2D eigenvalue weighted by Crippen LogP contribution is 2.27. The molecule has 3 heterocycles. The Kier molecular flexibility index (Phi) is 5.17. The summed E-state index contributed by atoms with van der Waals surface area (Å²) < 4.78 is 13.2. The van der Waals surface area contributed by atoms with E-state index >= 15 is 0 Å². The summed E-state index contributed by atoms with van der Waals surface area (Å²) in [6.45, 7) is 7.10. The number of rotatable bonds is 4. The van der Waals surface area contributed by atoms with Crippen LogP contribution in [0.3, 0.4) is 0 Å². The molecule has 2 fully saturated rings. The van der Waals surface area contributed by atoms with Crippen LogP contribution in [-0.4, -0.2) is 53.5 Å². The van der Waals surface area contributed by atoms with Gasteiger partial charge in [-0.05, 0) is 67.7 Å². The summed E-state index contributed by atoms with van der Waals surface area (Å²) in [7, 11) is 0. The molecule has 2 aromatic rings. The Morgan fingerprint density at radius 1 is 1.21 bits per heavy atom. The summed E-state index contributed by atoms with van der Waals surface area (Å²) in [5.74, 6) is 1.01. The monoisotopic (exact) mass is 383 g/mol. The minimum absolute atomic E-state index is 0.173. The molecule has 6 nitrogen and oxygen atoms in total. The fourth-order valence-corrected chi connectivity index (χ4v) is 3.87. The fraction of sp³-hybridized carbons (Fsp3) is 0.429. The van der Waals surface area contributed by atoms with Gasteiger partial charge in [-0.25, -0.2) is 14.2 Å². The smallest absolute Gasteiger partial charge is 0.323 e. The average Bonchev–Trinajstić information content (AvgIpc) is 3.01. The largest absolute Gasteiger partial charge is 0.396 e. The number of likely N-dealkylation sites (tertiary alicyclic amines) is 2. The first kappa shape index (κ1) is 18.7. The van der Waals surface area contributed by atoms with E-state index in [0.717, 1.165) is 25.2 Å². The van der Waals surface area contributed by atoms with Crippen LogP contribution >= 0.6 is 0 Å². The maximum absolute atomic E-state index is 13.2. The van der Waals surface area contributed by atoms with Crippen molar-refractivity contribution in [1.82, 2.24) is 14.8 Å². The van der Waals surface area contributed by atoms with Crippen molar-refractivity contribution in [3.05, 3.63) is 42.2 Å². The van der Waals surface area contributed by atoms with Gasteiger partial charge in [-0.1, -0.05) is 6.92 Å². The SMILES string of the molecule is C[C@@H]1CN(C(=O)Nc2nc(-c3ccc(F)cc3)ccc2N)C[C@@H]1CN1CCC1. The van der Waals surface area contributed by atoms with Crippen LogP contribution in [0.5, 0.6) is 0 Å². The summed E-state index contributed by atoms with van der Waals surface area (Å²) in [4.78, 5) is 21.6. The predicted octanol–water partition coefficient (Wildman–Crippen LogP) is 3.28. The second-order valence-electron chi connectivity index (χ2n) is 7.87. The van der Waals surface area contributed by atoms with Crippen LogP contribution in [0, 0.1) is 17.7 Å². The summed E-state index contributed by atoms with van der Waals surface area (Å²) in [6.07, 6.45) is 1.28. The number of aromatic nitrogens is 1.